The van der Waals surface area contributed by atoms with Crippen LogP contribution >= 0.6 is 0 Å². The van der Waals surface area contributed by atoms with Gasteiger partial charge in [0.2, 0.25) is 0 Å². The summed E-state index contributed by atoms with van der Waals surface area (Å²) in [6.07, 6.45) is 3.32. The normalized spacial score (nSPS) is 12.1. The van der Waals surface area contributed by atoms with Crippen molar-refractivity contribution in [1.82, 2.24) is 14.8 Å². The maximum absolute atomic E-state index is 9.65. The molecule has 0 aliphatic heterocycles. The molecule has 3 aromatic rings. The molecule has 1 N–H and O–H groups in total. The zero-order valence-corrected chi connectivity index (χ0v) is 13.3. The summed E-state index contributed by atoms with van der Waals surface area (Å²) in [5, 5.41) is 14.1. The maximum Gasteiger partial charge on any atom is 0.128 e. The van der Waals surface area contributed by atoms with Crippen molar-refractivity contribution < 1.29 is 5.11 Å². The van der Waals surface area contributed by atoms with Crippen LogP contribution in [0.2, 0.25) is 0 Å². The van der Waals surface area contributed by atoms with E-state index in [1.807, 2.05) is 77.6 Å². The number of aliphatic hydroxyl groups is 1. The van der Waals surface area contributed by atoms with Crippen LogP contribution in [0.5, 0.6) is 0 Å². The van der Waals surface area contributed by atoms with E-state index in [0.717, 1.165) is 17.1 Å². The van der Waals surface area contributed by atoms with Gasteiger partial charge in [0.1, 0.15) is 5.82 Å². The van der Waals surface area contributed by atoms with Crippen LogP contribution in [0.3, 0.4) is 0 Å². The molecule has 0 saturated carbocycles. The van der Waals surface area contributed by atoms with Gasteiger partial charge in [-0.1, -0.05) is 24.3 Å². The molecule has 0 aliphatic carbocycles. The summed E-state index contributed by atoms with van der Waals surface area (Å²) < 4.78 is 1.86. The number of aliphatic hydroxyl groups excluding tert-OH is 1. The Kier molecular flexibility index (Phi) is 4.39. The molecule has 2 aromatic heterocycles. The number of benzene rings is 1. The van der Waals surface area contributed by atoms with Gasteiger partial charge in [0.25, 0.3) is 0 Å². The third-order valence-electron chi connectivity index (χ3n) is 3.65. The third-order valence-corrected chi connectivity index (χ3v) is 3.65. The van der Waals surface area contributed by atoms with Crippen LogP contribution in [-0.4, -0.2) is 26.9 Å². The van der Waals surface area contributed by atoms with E-state index in [0.29, 0.717) is 12.2 Å². The summed E-state index contributed by atoms with van der Waals surface area (Å²) in [5.74, 6) is 0.830. The zero-order valence-electron chi connectivity index (χ0n) is 13.3. The zero-order chi connectivity index (χ0) is 16.2. The second-order valence-corrected chi connectivity index (χ2v) is 5.58. The number of rotatable bonds is 5. The van der Waals surface area contributed by atoms with Crippen molar-refractivity contribution in [2.75, 3.05) is 11.9 Å². The number of para-hydroxylation sites is 1. The predicted molar refractivity (Wildman–Crippen MR) is 90.5 cm³/mol. The molecular formula is C18H20N4O. The topological polar surface area (TPSA) is 54.2 Å². The number of anilines is 1. The lowest BCUT2D eigenvalue weighted by Crippen LogP contribution is -2.18. The molecule has 0 amide bonds. The Bertz CT molecular complexity index is 767. The van der Waals surface area contributed by atoms with Crippen LogP contribution in [-0.2, 0) is 6.54 Å². The summed E-state index contributed by atoms with van der Waals surface area (Å²) in [4.78, 5) is 6.52. The first-order valence-corrected chi connectivity index (χ1v) is 7.58. The smallest absolute Gasteiger partial charge is 0.128 e. The van der Waals surface area contributed by atoms with Gasteiger partial charge in [-0.25, -0.2) is 9.67 Å². The quantitative estimate of drug-likeness (QED) is 0.787. The molecule has 3 rings (SSSR count). The van der Waals surface area contributed by atoms with Crippen LogP contribution in [0.15, 0.2) is 60.9 Å². The van der Waals surface area contributed by atoms with Gasteiger partial charge in [-0.3, -0.25) is 0 Å². The molecule has 1 unspecified atom stereocenters. The molecule has 0 bridgehead atoms. The summed E-state index contributed by atoms with van der Waals surface area (Å²) in [6.45, 7) is 2.42. The summed E-state index contributed by atoms with van der Waals surface area (Å²) >= 11 is 0. The molecule has 2 heterocycles. The largest absolute Gasteiger partial charge is 0.387 e. The van der Waals surface area contributed by atoms with E-state index in [4.69, 9.17) is 0 Å². The minimum Gasteiger partial charge on any atom is -0.387 e. The van der Waals surface area contributed by atoms with E-state index < -0.39 is 6.10 Å². The highest BCUT2D eigenvalue weighted by atomic mass is 16.3. The average molecular weight is 308 g/mol. The van der Waals surface area contributed by atoms with E-state index in [9.17, 15) is 5.11 Å². The van der Waals surface area contributed by atoms with E-state index in [1.165, 1.54) is 0 Å². The highest BCUT2D eigenvalue weighted by Gasteiger charge is 2.09. The van der Waals surface area contributed by atoms with E-state index in [-0.39, 0.29) is 0 Å². The van der Waals surface area contributed by atoms with Crippen molar-refractivity contribution in [3.05, 3.63) is 72.2 Å². The lowest BCUT2D eigenvalue weighted by Gasteiger charge is -2.18. The fourth-order valence-corrected chi connectivity index (χ4v) is 2.40. The number of aromatic nitrogens is 3. The number of hydrogen-bond donors (Lipinski definition) is 1. The fourth-order valence-electron chi connectivity index (χ4n) is 2.40. The van der Waals surface area contributed by atoms with Crippen molar-refractivity contribution in [3.63, 3.8) is 0 Å². The highest BCUT2D eigenvalue weighted by molar-refractivity contribution is 5.40. The first-order chi connectivity index (χ1) is 11.1. The molecule has 0 aliphatic rings. The molecule has 5 heteroatoms. The van der Waals surface area contributed by atoms with Crippen LogP contribution in [0.25, 0.3) is 5.69 Å². The van der Waals surface area contributed by atoms with Gasteiger partial charge >= 0.3 is 0 Å². The van der Waals surface area contributed by atoms with Crippen LogP contribution < -0.4 is 4.90 Å². The second-order valence-electron chi connectivity index (χ2n) is 5.58. The Morgan fingerprint density at radius 2 is 1.91 bits per heavy atom. The monoisotopic (exact) mass is 308 g/mol. The molecule has 0 spiro atoms. The van der Waals surface area contributed by atoms with Gasteiger partial charge in [0.15, 0.2) is 0 Å². The third kappa shape index (κ3) is 3.57. The average Bonchev–Trinajstić information content (AvgIpc) is 3.04. The molecule has 0 radical (unpaired) electrons. The van der Waals surface area contributed by atoms with Crippen molar-refractivity contribution in [2.45, 2.75) is 19.6 Å². The molecule has 118 valence electrons. The molecule has 0 fully saturated rings. The van der Waals surface area contributed by atoms with Crippen molar-refractivity contribution in [1.29, 1.82) is 0 Å². The molecule has 0 saturated heterocycles. The van der Waals surface area contributed by atoms with Gasteiger partial charge < -0.3 is 10.0 Å². The molecule has 5 nitrogen and oxygen atoms in total. The fraction of sp³-hybridized carbons (Fsp3) is 0.222. The van der Waals surface area contributed by atoms with Crippen LogP contribution in [0.1, 0.15) is 24.3 Å². The van der Waals surface area contributed by atoms with E-state index in [2.05, 4.69) is 10.1 Å². The summed E-state index contributed by atoms with van der Waals surface area (Å²) in [7, 11) is 1.98. The number of hydrogen-bond acceptors (Lipinski definition) is 4. The van der Waals surface area contributed by atoms with Crippen LogP contribution in [0.4, 0.5) is 5.82 Å². The minimum absolute atomic E-state index is 0.566. The van der Waals surface area contributed by atoms with Gasteiger partial charge in [-0.05, 0) is 31.2 Å². The van der Waals surface area contributed by atoms with Gasteiger partial charge in [-0.15, -0.1) is 0 Å². The lowest BCUT2D eigenvalue weighted by molar-refractivity contribution is 0.194. The van der Waals surface area contributed by atoms with E-state index >= 15 is 0 Å². The van der Waals surface area contributed by atoms with Crippen molar-refractivity contribution in [2.24, 2.45) is 0 Å². The van der Waals surface area contributed by atoms with Gasteiger partial charge in [0, 0.05) is 25.4 Å². The molecular weight excluding hydrogens is 288 g/mol. The second kappa shape index (κ2) is 6.62. The predicted octanol–water partition coefficient (Wildman–Crippen LogP) is 2.96. The number of pyridine rings is 1. The highest BCUT2D eigenvalue weighted by Crippen LogP contribution is 2.17. The van der Waals surface area contributed by atoms with Crippen molar-refractivity contribution >= 4 is 5.82 Å². The number of nitrogens with zero attached hydrogens (tertiary/aromatic N) is 4. The standard InChI is InChI=1S/C18H20N4O/c1-14(23)17-9-6-10-18(20-17)21(2)12-15-11-19-22(13-15)16-7-4-3-5-8-16/h3-11,13-14,23H,12H2,1-2H3. The van der Waals surface area contributed by atoms with Gasteiger partial charge in [0.05, 0.1) is 23.7 Å². The summed E-state index contributed by atoms with van der Waals surface area (Å²) in [6, 6.07) is 15.7. The molecule has 23 heavy (non-hydrogen) atoms. The molecule has 1 atom stereocenters. The lowest BCUT2D eigenvalue weighted by atomic mass is 10.2. The van der Waals surface area contributed by atoms with E-state index in [1.54, 1.807) is 6.92 Å². The Balaban J connectivity index is 1.75. The SMILES string of the molecule is CC(O)c1cccc(N(C)Cc2cnn(-c3ccccc3)c2)n1. The minimum atomic E-state index is -0.566. The van der Waals surface area contributed by atoms with Gasteiger partial charge in [-0.2, -0.15) is 5.10 Å². The Morgan fingerprint density at radius 1 is 1.13 bits per heavy atom. The Labute approximate surface area is 135 Å². The summed E-state index contributed by atoms with van der Waals surface area (Å²) in [5.41, 5.74) is 2.81. The first-order valence-electron chi connectivity index (χ1n) is 7.58. The van der Waals surface area contributed by atoms with Crippen molar-refractivity contribution in [3.8, 4) is 5.69 Å². The maximum atomic E-state index is 9.65. The van der Waals surface area contributed by atoms with Crippen LogP contribution in [0, 0.1) is 0 Å². The molecule has 1 aromatic carbocycles. The Morgan fingerprint density at radius 3 is 2.65 bits per heavy atom. The Hall–Kier alpha value is -2.66. The first kappa shape index (κ1) is 15.2.